The summed E-state index contributed by atoms with van der Waals surface area (Å²) in [5, 5.41) is 34.1. The van der Waals surface area contributed by atoms with Crippen molar-refractivity contribution in [3.05, 3.63) is 117 Å². The maximum atomic E-state index is 14.7. The van der Waals surface area contributed by atoms with Crippen LogP contribution in [0.2, 0.25) is 15.1 Å². The summed E-state index contributed by atoms with van der Waals surface area (Å²) in [7, 11) is 0. The van der Waals surface area contributed by atoms with Gasteiger partial charge in [0.25, 0.3) is 0 Å². The first-order valence-electron chi connectivity index (χ1n) is 24.5. The van der Waals surface area contributed by atoms with E-state index in [4.69, 9.17) is 52.0 Å². The molecule has 3 aliphatic heterocycles. The summed E-state index contributed by atoms with van der Waals surface area (Å²) >= 11 is 19.5. The molecule has 3 aliphatic carbocycles. The van der Waals surface area contributed by atoms with E-state index >= 15 is 0 Å². The van der Waals surface area contributed by atoms with Crippen LogP contribution in [0.5, 0.6) is 0 Å². The molecule has 0 bridgehead atoms. The molecule has 6 fully saturated rings. The number of aromatic nitrogens is 3. The maximum absolute atomic E-state index is 14.7. The summed E-state index contributed by atoms with van der Waals surface area (Å²) in [5.74, 6) is -6.68. The van der Waals surface area contributed by atoms with Gasteiger partial charge in [-0.25, -0.2) is 13.2 Å². The summed E-state index contributed by atoms with van der Waals surface area (Å²) in [6.07, 6.45) is 11.1. The number of halogens is 6. The molecule has 6 N–H and O–H groups in total. The Morgan fingerprint density at radius 1 is 0.461 bits per heavy atom. The molecule has 12 rings (SSSR count). The minimum Gasteiger partial charge on any atom is -0.545 e. The van der Waals surface area contributed by atoms with E-state index < -0.39 is 68.3 Å². The van der Waals surface area contributed by atoms with Gasteiger partial charge in [0.15, 0.2) is 16.3 Å². The number of fused-ring (bicyclic) bond motifs is 3. The molecular formula is C51H48Cl3F3GaN9O9. The number of nitrogens with two attached hydrogens (primary N) is 3. The van der Waals surface area contributed by atoms with E-state index in [1.807, 2.05) is 0 Å². The number of anilines is 3. The molecule has 3 aromatic heterocycles. The van der Waals surface area contributed by atoms with Crippen LogP contribution in [0.4, 0.5) is 30.2 Å². The van der Waals surface area contributed by atoms with Crippen molar-refractivity contribution in [2.45, 2.75) is 94.0 Å². The minimum atomic E-state index is -1.58. The molecule has 18 nitrogen and oxygen atoms in total. The number of benzene rings is 3. The fourth-order valence-corrected chi connectivity index (χ4v) is 11.7. The Labute approximate surface area is 458 Å². The third-order valence-electron chi connectivity index (χ3n) is 14.7. The van der Waals surface area contributed by atoms with Gasteiger partial charge in [0.1, 0.15) is 17.5 Å². The first-order chi connectivity index (χ1) is 35.6. The molecule has 3 unspecified atom stereocenters. The SMILES string of the molecule is NC1CCN(c2c(F)cc3c(=O)c(C(=O)[O-])cn(C4CC4)c3c2Cl)C1.NC1CCN(c2c(F)cc3c(=O)c(C(=O)[O-])cn(C4CC4)c3c2Cl)C1.NC1CCN(c2c(F)cc3c(=O)c(C(=O)[O-])cn(C4CC4)c3c2Cl)C1.[Ga+3]. The number of rotatable bonds is 9. The number of hydrogen-bond donors (Lipinski definition) is 3. The number of nitrogens with zero attached hydrogens (tertiary/aromatic N) is 6. The van der Waals surface area contributed by atoms with E-state index in [-0.39, 0.29) is 104 Å². The van der Waals surface area contributed by atoms with Crippen molar-refractivity contribution in [3.63, 3.8) is 0 Å². The first-order valence-corrected chi connectivity index (χ1v) is 25.6. The molecule has 3 saturated carbocycles. The standard InChI is InChI=1S/3C17H17ClFN3O3.Ga/c3*18-13-14-10(5-12(19)15(13)21-4-3-8(20)6-21)16(23)11(17(24)25)7-22(14)9-1-2-9;/h3*5,7-9H,1-4,6,20H2,(H,24,25);/q;;;+3/p-3. The van der Waals surface area contributed by atoms with Crippen molar-refractivity contribution in [1.29, 1.82) is 0 Å². The number of carbonyl (C=O) groups is 3. The molecule has 0 amide bonds. The molecule has 3 saturated heterocycles. The summed E-state index contributed by atoms with van der Waals surface area (Å²) in [6, 6.07) is 3.22. The Balaban J connectivity index is 0.000000138. The molecule has 3 aromatic carbocycles. The van der Waals surface area contributed by atoms with Gasteiger partial charge in [0.2, 0.25) is 0 Å². The van der Waals surface area contributed by atoms with E-state index in [1.165, 1.54) is 18.6 Å². The monoisotopic (exact) mass is 1160 g/mol. The van der Waals surface area contributed by atoms with Gasteiger partial charge in [-0.2, -0.15) is 0 Å². The van der Waals surface area contributed by atoms with Gasteiger partial charge in [0, 0.05) is 94.1 Å². The van der Waals surface area contributed by atoms with Gasteiger partial charge >= 0.3 is 19.8 Å². The topological polar surface area (TPSA) is 274 Å². The maximum Gasteiger partial charge on any atom is 3.00 e. The Morgan fingerprint density at radius 3 is 0.882 bits per heavy atom. The quantitative estimate of drug-likeness (QED) is 0.176. The van der Waals surface area contributed by atoms with Crippen LogP contribution in [-0.4, -0.2) is 109 Å². The Morgan fingerprint density at radius 2 is 0.697 bits per heavy atom. The number of hydrogen-bond acceptors (Lipinski definition) is 15. The molecule has 76 heavy (non-hydrogen) atoms. The van der Waals surface area contributed by atoms with Crippen molar-refractivity contribution in [2.24, 2.45) is 17.2 Å². The van der Waals surface area contributed by atoms with Gasteiger partial charge in [-0.1, -0.05) is 34.8 Å². The minimum absolute atomic E-state index is 0. The molecule has 3 atom stereocenters. The zero-order valence-corrected chi connectivity index (χ0v) is 45.2. The van der Waals surface area contributed by atoms with Crippen LogP contribution in [-0.2, 0) is 0 Å². The van der Waals surface area contributed by atoms with Crippen LogP contribution in [0, 0.1) is 17.5 Å². The number of pyridine rings is 3. The molecular weight excluding hydrogens is 1120 g/mol. The predicted octanol–water partition coefficient (Wildman–Crippen LogP) is 2.71. The third-order valence-corrected chi connectivity index (χ3v) is 15.7. The molecule has 396 valence electrons. The fourth-order valence-electron chi connectivity index (χ4n) is 10.5. The van der Waals surface area contributed by atoms with E-state index in [0.29, 0.717) is 55.8 Å². The zero-order chi connectivity index (χ0) is 53.6. The summed E-state index contributed by atoms with van der Waals surface area (Å²) in [6.45, 7) is 3.17. The number of carbonyl (C=O) groups excluding carboxylic acids is 3. The van der Waals surface area contributed by atoms with E-state index in [1.54, 1.807) is 28.4 Å². The third kappa shape index (κ3) is 10.2. The summed E-state index contributed by atoms with van der Waals surface area (Å²) in [5.41, 5.74) is 15.7. The van der Waals surface area contributed by atoms with Gasteiger partial charge in [-0.3, -0.25) is 14.4 Å². The zero-order valence-electron chi connectivity index (χ0n) is 40.5. The van der Waals surface area contributed by atoms with Crippen LogP contribution in [0.25, 0.3) is 32.7 Å². The Hall–Kier alpha value is -5.72. The van der Waals surface area contributed by atoms with Gasteiger partial charge in [-0.05, 0) is 76.0 Å². The summed E-state index contributed by atoms with van der Waals surface area (Å²) < 4.78 is 49.2. The van der Waals surface area contributed by atoms with Crippen LogP contribution in [0.1, 0.15) is 107 Å². The van der Waals surface area contributed by atoms with Crippen molar-refractivity contribution in [3.8, 4) is 0 Å². The normalized spacial score (nSPS) is 20.2. The number of carboxylic acids is 3. The molecule has 6 aromatic rings. The largest absolute Gasteiger partial charge is 3.00 e. The Kier molecular flexibility index (Phi) is 15.4. The first kappa shape index (κ1) is 55.0. The van der Waals surface area contributed by atoms with Gasteiger partial charge in [0.05, 0.1) is 99.4 Å². The molecule has 6 aliphatic rings. The average Bonchev–Trinajstić information content (AvgIpc) is 4.29. The van der Waals surface area contributed by atoms with E-state index in [9.17, 15) is 57.3 Å². The van der Waals surface area contributed by atoms with Crippen LogP contribution < -0.4 is 63.5 Å². The van der Waals surface area contributed by atoms with Crippen molar-refractivity contribution in [1.82, 2.24) is 13.7 Å². The van der Waals surface area contributed by atoms with Crippen molar-refractivity contribution >= 4 is 122 Å². The molecule has 25 heteroatoms. The van der Waals surface area contributed by atoms with E-state index in [2.05, 4.69) is 0 Å². The van der Waals surface area contributed by atoms with Crippen LogP contribution in [0.15, 0.2) is 51.2 Å². The Bertz CT molecular complexity index is 3240. The fraction of sp³-hybridized carbons (Fsp3) is 0.412. The van der Waals surface area contributed by atoms with Gasteiger partial charge in [-0.15, -0.1) is 0 Å². The van der Waals surface area contributed by atoms with Crippen molar-refractivity contribution < 1.29 is 42.9 Å². The van der Waals surface area contributed by atoms with Crippen LogP contribution >= 0.6 is 34.8 Å². The van der Waals surface area contributed by atoms with E-state index in [0.717, 1.165) is 76.0 Å². The molecule has 0 spiro atoms. The summed E-state index contributed by atoms with van der Waals surface area (Å²) in [4.78, 5) is 76.5. The van der Waals surface area contributed by atoms with Crippen molar-refractivity contribution in [2.75, 3.05) is 54.0 Å². The smallest absolute Gasteiger partial charge is 0.545 e. The second kappa shape index (κ2) is 21.3. The number of aromatic carboxylic acids is 3. The second-order valence-electron chi connectivity index (χ2n) is 20.1. The molecule has 0 radical (unpaired) electrons. The average molecular weight is 1160 g/mol. The number of carboxylic acid groups (broad SMARTS) is 3. The van der Waals surface area contributed by atoms with Crippen LogP contribution in [0.3, 0.4) is 0 Å². The predicted molar refractivity (Wildman–Crippen MR) is 278 cm³/mol. The molecule has 6 heterocycles. The second-order valence-corrected chi connectivity index (χ2v) is 21.3. The van der Waals surface area contributed by atoms with Gasteiger partial charge < -0.3 is 75.3 Å².